The summed E-state index contributed by atoms with van der Waals surface area (Å²) in [7, 11) is 3.70. The van der Waals surface area contributed by atoms with Crippen molar-refractivity contribution in [3.05, 3.63) is 34.4 Å². The number of carbonyl (C=O) groups is 1. The summed E-state index contributed by atoms with van der Waals surface area (Å²) < 4.78 is 9.01. The highest BCUT2D eigenvalue weighted by molar-refractivity contribution is 6.31. The Morgan fingerprint density at radius 2 is 2.21 bits per heavy atom. The van der Waals surface area contributed by atoms with Gasteiger partial charge in [0.25, 0.3) is 5.91 Å². The van der Waals surface area contributed by atoms with E-state index >= 15 is 0 Å². The van der Waals surface area contributed by atoms with E-state index in [1.165, 1.54) is 0 Å². The summed E-state index contributed by atoms with van der Waals surface area (Å²) in [6, 6.07) is 1.98. The Hall–Kier alpha value is -1.86. The first-order valence-electron chi connectivity index (χ1n) is 8.02. The number of hydrogen-bond acceptors (Lipinski definition) is 4. The average Bonchev–Trinajstić information content (AvgIpc) is 3.22. The second kappa shape index (κ2) is 6.94. The molecule has 1 fully saturated rings. The van der Waals surface area contributed by atoms with Gasteiger partial charge in [0, 0.05) is 32.6 Å². The molecule has 0 N–H and O–H groups in total. The molecule has 7 nitrogen and oxygen atoms in total. The van der Waals surface area contributed by atoms with Crippen molar-refractivity contribution < 1.29 is 9.53 Å². The van der Waals surface area contributed by atoms with E-state index in [1.54, 1.807) is 20.5 Å². The zero-order valence-corrected chi connectivity index (χ0v) is 15.0. The van der Waals surface area contributed by atoms with Crippen LogP contribution in [0.4, 0.5) is 0 Å². The number of halogens is 1. The largest absolute Gasteiger partial charge is 0.368 e. The molecule has 24 heavy (non-hydrogen) atoms. The Morgan fingerprint density at radius 3 is 2.75 bits per heavy atom. The van der Waals surface area contributed by atoms with Crippen molar-refractivity contribution in [2.45, 2.75) is 39.0 Å². The molecular formula is C16H22ClN5O2. The van der Waals surface area contributed by atoms with Gasteiger partial charge in [-0.05, 0) is 25.8 Å². The van der Waals surface area contributed by atoms with Crippen LogP contribution in [0.2, 0.25) is 5.02 Å². The fourth-order valence-electron chi connectivity index (χ4n) is 2.89. The molecule has 3 rings (SSSR count). The first kappa shape index (κ1) is 17.0. The number of ether oxygens (including phenoxy) is 1. The second-order valence-corrected chi connectivity index (χ2v) is 6.60. The van der Waals surface area contributed by atoms with Crippen LogP contribution in [0, 0.1) is 6.92 Å². The quantitative estimate of drug-likeness (QED) is 0.824. The molecule has 1 amide bonds. The summed E-state index contributed by atoms with van der Waals surface area (Å²) in [6.07, 6.45) is 3.03. The molecule has 1 saturated heterocycles. The van der Waals surface area contributed by atoms with Gasteiger partial charge in [0.1, 0.15) is 11.8 Å². The molecule has 0 radical (unpaired) electrons. The third-order valence-electron chi connectivity index (χ3n) is 4.23. The van der Waals surface area contributed by atoms with Crippen LogP contribution in [0.1, 0.15) is 29.9 Å². The van der Waals surface area contributed by atoms with Crippen molar-refractivity contribution in [3.63, 3.8) is 0 Å². The van der Waals surface area contributed by atoms with Gasteiger partial charge in [0.15, 0.2) is 0 Å². The predicted molar refractivity (Wildman–Crippen MR) is 89.4 cm³/mol. The van der Waals surface area contributed by atoms with Gasteiger partial charge in [-0.1, -0.05) is 11.6 Å². The molecule has 0 bridgehead atoms. The summed E-state index contributed by atoms with van der Waals surface area (Å²) in [5.74, 6) is -0.0301. The zero-order chi connectivity index (χ0) is 17.3. The topological polar surface area (TPSA) is 65.2 Å². The van der Waals surface area contributed by atoms with Gasteiger partial charge in [-0.25, -0.2) is 0 Å². The standard InChI is InChI=1S/C16H22ClN5O2/c1-11-7-12(18-21(11)3)8-22(16(23)15-5-4-6-24-15)10-14-13(17)9-20(2)19-14/h7,9,15H,4-6,8,10H2,1-3H3/t15-/m0/s1. The van der Waals surface area contributed by atoms with Crippen LogP contribution >= 0.6 is 11.6 Å². The third-order valence-corrected chi connectivity index (χ3v) is 4.54. The predicted octanol–water partition coefficient (Wildman–Crippen LogP) is 1.82. The lowest BCUT2D eigenvalue weighted by atomic mass is 10.2. The maximum Gasteiger partial charge on any atom is 0.252 e. The molecule has 1 aliphatic heterocycles. The first-order chi connectivity index (χ1) is 11.4. The molecule has 1 atom stereocenters. The molecule has 2 aromatic heterocycles. The van der Waals surface area contributed by atoms with Gasteiger partial charge in [-0.2, -0.15) is 10.2 Å². The van der Waals surface area contributed by atoms with E-state index < -0.39 is 0 Å². The molecule has 0 saturated carbocycles. The monoisotopic (exact) mass is 351 g/mol. The van der Waals surface area contributed by atoms with Gasteiger partial charge in [-0.15, -0.1) is 0 Å². The maximum atomic E-state index is 12.9. The van der Waals surface area contributed by atoms with Crippen molar-refractivity contribution in [2.75, 3.05) is 6.61 Å². The smallest absolute Gasteiger partial charge is 0.252 e. The van der Waals surface area contributed by atoms with E-state index in [1.807, 2.05) is 27.1 Å². The van der Waals surface area contributed by atoms with Gasteiger partial charge in [-0.3, -0.25) is 14.2 Å². The molecule has 0 aromatic carbocycles. The van der Waals surface area contributed by atoms with Crippen LogP contribution in [-0.2, 0) is 36.7 Å². The van der Waals surface area contributed by atoms with Crippen molar-refractivity contribution in [3.8, 4) is 0 Å². The lowest BCUT2D eigenvalue weighted by molar-refractivity contribution is -0.142. The summed E-state index contributed by atoms with van der Waals surface area (Å²) in [5, 5.41) is 9.35. The minimum absolute atomic E-state index is 0.0301. The maximum absolute atomic E-state index is 12.9. The number of aromatic nitrogens is 4. The number of amides is 1. The van der Waals surface area contributed by atoms with Crippen molar-refractivity contribution in [1.82, 2.24) is 24.5 Å². The number of hydrogen-bond donors (Lipinski definition) is 0. The molecule has 3 heterocycles. The van der Waals surface area contributed by atoms with E-state index in [9.17, 15) is 4.79 Å². The fourth-order valence-corrected chi connectivity index (χ4v) is 3.13. The minimum atomic E-state index is -0.378. The molecule has 2 aromatic rings. The SMILES string of the molecule is Cc1cc(CN(Cc2nn(C)cc2Cl)C(=O)[C@@H]2CCCO2)nn1C. The summed E-state index contributed by atoms with van der Waals surface area (Å²) in [4.78, 5) is 14.6. The highest BCUT2D eigenvalue weighted by Crippen LogP contribution is 2.21. The summed E-state index contributed by atoms with van der Waals surface area (Å²) in [6.45, 7) is 3.37. The van der Waals surface area contributed by atoms with Gasteiger partial charge in [0.2, 0.25) is 0 Å². The van der Waals surface area contributed by atoms with Crippen molar-refractivity contribution in [2.24, 2.45) is 14.1 Å². The number of nitrogens with zero attached hydrogens (tertiary/aromatic N) is 5. The highest BCUT2D eigenvalue weighted by Gasteiger charge is 2.29. The highest BCUT2D eigenvalue weighted by atomic mass is 35.5. The number of carbonyl (C=O) groups excluding carboxylic acids is 1. The molecule has 0 spiro atoms. The molecule has 8 heteroatoms. The number of rotatable bonds is 5. The number of aryl methyl sites for hydroxylation is 3. The second-order valence-electron chi connectivity index (χ2n) is 6.19. The lowest BCUT2D eigenvalue weighted by Gasteiger charge is -2.24. The summed E-state index contributed by atoms with van der Waals surface area (Å²) in [5.41, 5.74) is 2.57. The van der Waals surface area contributed by atoms with Crippen LogP contribution in [0.3, 0.4) is 0 Å². The average molecular weight is 352 g/mol. The van der Waals surface area contributed by atoms with Crippen LogP contribution in [0.15, 0.2) is 12.3 Å². The molecule has 130 valence electrons. The third kappa shape index (κ3) is 3.62. The Bertz CT molecular complexity index is 713. The first-order valence-corrected chi connectivity index (χ1v) is 8.40. The van der Waals surface area contributed by atoms with Crippen molar-refractivity contribution in [1.29, 1.82) is 0 Å². The van der Waals surface area contributed by atoms with Crippen LogP contribution in [-0.4, -0.2) is 43.1 Å². The normalized spacial score (nSPS) is 17.4. The molecule has 1 aliphatic rings. The van der Waals surface area contributed by atoms with E-state index in [4.69, 9.17) is 16.3 Å². The van der Waals surface area contributed by atoms with E-state index in [0.29, 0.717) is 30.4 Å². The Balaban J connectivity index is 1.82. The van der Waals surface area contributed by atoms with E-state index in [0.717, 1.165) is 24.2 Å². The minimum Gasteiger partial charge on any atom is -0.368 e. The summed E-state index contributed by atoms with van der Waals surface area (Å²) >= 11 is 6.21. The van der Waals surface area contributed by atoms with Gasteiger partial charge in [0.05, 0.1) is 23.8 Å². The lowest BCUT2D eigenvalue weighted by Crippen LogP contribution is -2.38. The Morgan fingerprint density at radius 1 is 1.42 bits per heavy atom. The van der Waals surface area contributed by atoms with Crippen molar-refractivity contribution >= 4 is 17.5 Å². The Kier molecular flexibility index (Phi) is 4.91. The van der Waals surface area contributed by atoms with Crippen LogP contribution in [0.5, 0.6) is 0 Å². The molecule has 0 unspecified atom stereocenters. The molecule has 0 aliphatic carbocycles. The van der Waals surface area contributed by atoms with E-state index in [-0.39, 0.29) is 12.0 Å². The van der Waals surface area contributed by atoms with Crippen LogP contribution < -0.4 is 0 Å². The van der Waals surface area contributed by atoms with E-state index in [2.05, 4.69) is 10.2 Å². The van der Waals surface area contributed by atoms with Crippen LogP contribution in [0.25, 0.3) is 0 Å². The van der Waals surface area contributed by atoms with Gasteiger partial charge >= 0.3 is 0 Å². The zero-order valence-electron chi connectivity index (χ0n) is 14.2. The van der Waals surface area contributed by atoms with Gasteiger partial charge < -0.3 is 9.64 Å². The molecular weight excluding hydrogens is 330 g/mol. The fraction of sp³-hybridized carbons (Fsp3) is 0.562. The Labute approximate surface area is 146 Å².